The molecule has 0 saturated carbocycles. The predicted molar refractivity (Wildman–Crippen MR) is 114 cm³/mol. The third-order valence-corrected chi connectivity index (χ3v) is 4.33. The van der Waals surface area contributed by atoms with Crippen molar-refractivity contribution >= 4 is 11.9 Å². The first-order valence-corrected chi connectivity index (χ1v) is 9.78. The van der Waals surface area contributed by atoms with E-state index in [0.717, 1.165) is 11.1 Å². The van der Waals surface area contributed by atoms with E-state index in [1.54, 1.807) is 31.1 Å². The normalized spacial score (nSPS) is 11.7. The number of amides is 1. The van der Waals surface area contributed by atoms with Crippen molar-refractivity contribution in [2.75, 3.05) is 27.2 Å². The second-order valence-corrected chi connectivity index (χ2v) is 6.89. The quantitative estimate of drug-likeness (QED) is 0.468. The first kappa shape index (κ1) is 24.0. The number of carbonyl (C=O) groups excluding carboxylic acids is 1. The maximum absolute atomic E-state index is 12.3. The Hall–Kier alpha value is -3.23. The molecule has 2 rings (SSSR count). The lowest BCUT2D eigenvalue weighted by Crippen LogP contribution is -2.39. The van der Waals surface area contributed by atoms with E-state index in [1.165, 1.54) is 12.1 Å². The molecule has 2 aromatic carbocycles. The summed E-state index contributed by atoms with van der Waals surface area (Å²) in [5.74, 6) is 0.693. The number of alkyl halides is 3. The monoisotopic (exact) mass is 436 g/mol. The molecule has 0 aromatic heterocycles. The molecule has 31 heavy (non-hydrogen) atoms. The number of aliphatic imine (C=N–C) groups is 1. The minimum absolute atomic E-state index is 0.0150. The van der Waals surface area contributed by atoms with E-state index in [0.29, 0.717) is 32.0 Å². The van der Waals surface area contributed by atoms with Gasteiger partial charge in [0.2, 0.25) is 5.91 Å². The van der Waals surface area contributed by atoms with Crippen LogP contribution in [0.4, 0.5) is 13.2 Å². The molecule has 0 fully saturated rings. The zero-order chi connectivity index (χ0) is 22.7. The maximum atomic E-state index is 12.3. The molecule has 168 valence electrons. The number of rotatable bonds is 9. The van der Waals surface area contributed by atoms with Gasteiger partial charge in [-0.15, -0.1) is 0 Å². The van der Waals surface area contributed by atoms with Crippen LogP contribution in [-0.2, 0) is 17.9 Å². The molecule has 0 bridgehead atoms. The van der Waals surface area contributed by atoms with Crippen LogP contribution in [0, 0.1) is 0 Å². The maximum Gasteiger partial charge on any atom is 0.422 e. The highest BCUT2D eigenvalue weighted by Gasteiger charge is 2.28. The Morgan fingerprint density at radius 1 is 1.03 bits per heavy atom. The van der Waals surface area contributed by atoms with Gasteiger partial charge in [0.05, 0.1) is 0 Å². The number of hydrogen-bond donors (Lipinski definition) is 2. The van der Waals surface area contributed by atoms with E-state index < -0.39 is 12.8 Å². The second-order valence-electron chi connectivity index (χ2n) is 6.89. The molecular formula is C22H27F3N4O2. The standard InChI is InChI=1S/C22H27F3N4O2/c1-26-21(27-13-12-20(30)29(2)15-18-6-4-3-5-7-18)28-14-17-8-10-19(11-9-17)31-16-22(23,24)25/h3-11H,12-16H2,1-2H3,(H2,26,27,28). The molecule has 1 amide bonds. The summed E-state index contributed by atoms with van der Waals surface area (Å²) in [5, 5.41) is 6.18. The van der Waals surface area contributed by atoms with E-state index in [2.05, 4.69) is 20.4 Å². The van der Waals surface area contributed by atoms with E-state index in [9.17, 15) is 18.0 Å². The lowest BCUT2D eigenvalue weighted by Gasteiger charge is -2.18. The van der Waals surface area contributed by atoms with Crippen LogP contribution in [-0.4, -0.2) is 50.2 Å². The van der Waals surface area contributed by atoms with E-state index >= 15 is 0 Å². The Morgan fingerprint density at radius 2 is 1.71 bits per heavy atom. The highest BCUT2D eigenvalue weighted by Crippen LogP contribution is 2.18. The summed E-state index contributed by atoms with van der Waals surface area (Å²) < 4.78 is 41.2. The van der Waals surface area contributed by atoms with Gasteiger partial charge in [-0.3, -0.25) is 9.79 Å². The third-order valence-electron chi connectivity index (χ3n) is 4.33. The molecule has 0 heterocycles. The molecule has 0 saturated heterocycles. The predicted octanol–water partition coefficient (Wildman–Crippen LogP) is 3.34. The van der Waals surface area contributed by atoms with Gasteiger partial charge < -0.3 is 20.3 Å². The van der Waals surface area contributed by atoms with Crippen molar-refractivity contribution in [2.24, 2.45) is 4.99 Å². The average molecular weight is 436 g/mol. The Balaban J connectivity index is 1.70. The largest absolute Gasteiger partial charge is 0.484 e. The molecule has 0 aliphatic heterocycles. The summed E-state index contributed by atoms with van der Waals surface area (Å²) in [6.07, 6.45) is -4.05. The van der Waals surface area contributed by atoms with Crippen molar-refractivity contribution < 1.29 is 22.7 Å². The lowest BCUT2D eigenvalue weighted by atomic mass is 10.2. The lowest BCUT2D eigenvalue weighted by molar-refractivity contribution is -0.153. The number of ether oxygens (including phenoxy) is 1. The first-order valence-electron chi connectivity index (χ1n) is 9.78. The van der Waals surface area contributed by atoms with Crippen LogP contribution < -0.4 is 15.4 Å². The number of carbonyl (C=O) groups is 1. The van der Waals surface area contributed by atoms with Crippen molar-refractivity contribution in [2.45, 2.75) is 25.7 Å². The van der Waals surface area contributed by atoms with Gasteiger partial charge in [-0.2, -0.15) is 13.2 Å². The number of hydrogen-bond acceptors (Lipinski definition) is 3. The molecule has 9 heteroatoms. The van der Waals surface area contributed by atoms with Crippen LogP contribution in [0.1, 0.15) is 17.5 Å². The highest BCUT2D eigenvalue weighted by molar-refractivity contribution is 5.81. The summed E-state index contributed by atoms with van der Waals surface area (Å²) in [7, 11) is 3.39. The van der Waals surface area contributed by atoms with Crippen LogP contribution in [0.5, 0.6) is 5.75 Å². The molecule has 2 aromatic rings. The number of nitrogens with zero attached hydrogens (tertiary/aromatic N) is 2. The van der Waals surface area contributed by atoms with Gasteiger partial charge in [0.25, 0.3) is 0 Å². The molecule has 0 spiro atoms. The van der Waals surface area contributed by atoms with Crippen molar-refractivity contribution in [1.82, 2.24) is 15.5 Å². The summed E-state index contributed by atoms with van der Waals surface area (Å²) in [6, 6.07) is 16.1. The number of guanidine groups is 1. The number of halogens is 3. The molecule has 6 nitrogen and oxygen atoms in total. The van der Waals surface area contributed by atoms with Gasteiger partial charge in [0.15, 0.2) is 12.6 Å². The Labute approximate surface area is 180 Å². The Morgan fingerprint density at radius 3 is 2.32 bits per heavy atom. The summed E-state index contributed by atoms with van der Waals surface area (Å²) in [5.41, 5.74) is 1.92. The summed E-state index contributed by atoms with van der Waals surface area (Å²) in [4.78, 5) is 18.1. The Kier molecular flexibility index (Phi) is 9.17. The average Bonchev–Trinajstić information content (AvgIpc) is 2.75. The van der Waals surface area contributed by atoms with Gasteiger partial charge in [0.1, 0.15) is 5.75 Å². The number of nitrogens with one attached hydrogen (secondary N) is 2. The molecule has 0 radical (unpaired) electrons. The van der Waals surface area contributed by atoms with Crippen LogP contribution in [0.3, 0.4) is 0 Å². The van der Waals surface area contributed by atoms with Crippen molar-refractivity contribution in [3.8, 4) is 5.75 Å². The molecule has 0 aliphatic rings. The summed E-state index contributed by atoms with van der Waals surface area (Å²) >= 11 is 0. The fourth-order valence-corrected chi connectivity index (χ4v) is 2.70. The van der Waals surface area contributed by atoms with E-state index in [-0.39, 0.29) is 11.7 Å². The van der Waals surface area contributed by atoms with E-state index in [1.807, 2.05) is 30.3 Å². The van der Waals surface area contributed by atoms with Gasteiger partial charge in [-0.25, -0.2) is 0 Å². The van der Waals surface area contributed by atoms with Crippen LogP contribution in [0.25, 0.3) is 0 Å². The summed E-state index contributed by atoms with van der Waals surface area (Å²) in [6.45, 7) is 0.0681. The minimum Gasteiger partial charge on any atom is -0.484 e. The molecule has 0 aliphatic carbocycles. The smallest absolute Gasteiger partial charge is 0.422 e. The van der Waals surface area contributed by atoms with Crippen LogP contribution in [0.2, 0.25) is 0 Å². The van der Waals surface area contributed by atoms with Gasteiger partial charge in [0, 0.05) is 40.2 Å². The van der Waals surface area contributed by atoms with Gasteiger partial charge in [-0.1, -0.05) is 42.5 Å². The molecule has 0 atom stereocenters. The van der Waals surface area contributed by atoms with Crippen molar-refractivity contribution in [3.63, 3.8) is 0 Å². The second kappa shape index (κ2) is 11.8. The van der Waals surface area contributed by atoms with Gasteiger partial charge >= 0.3 is 6.18 Å². The van der Waals surface area contributed by atoms with E-state index in [4.69, 9.17) is 0 Å². The first-order chi connectivity index (χ1) is 14.8. The van der Waals surface area contributed by atoms with Crippen LogP contribution in [0.15, 0.2) is 59.6 Å². The highest BCUT2D eigenvalue weighted by atomic mass is 19.4. The fraction of sp³-hybridized carbons (Fsp3) is 0.364. The number of benzene rings is 2. The molecule has 2 N–H and O–H groups in total. The molecule has 0 unspecified atom stereocenters. The fourth-order valence-electron chi connectivity index (χ4n) is 2.70. The topological polar surface area (TPSA) is 66.0 Å². The van der Waals surface area contributed by atoms with Crippen molar-refractivity contribution in [1.29, 1.82) is 0 Å². The SMILES string of the molecule is CN=C(NCCC(=O)N(C)Cc1ccccc1)NCc1ccc(OCC(F)(F)F)cc1. The van der Waals surface area contributed by atoms with Gasteiger partial charge in [-0.05, 0) is 23.3 Å². The minimum atomic E-state index is -4.36. The van der Waals surface area contributed by atoms with Crippen LogP contribution >= 0.6 is 0 Å². The zero-order valence-electron chi connectivity index (χ0n) is 17.6. The third kappa shape index (κ3) is 9.41. The Bertz CT molecular complexity index is 840. The van der Waals surface area contributed by atoms with Crippen molar-refractivity contribution in [3.05, 3.63) is 65.7 Å². The zero-order valence-corrected chi connectivity index (χ0v) is 17.6. The molecular weight excluding hydrogens is 409 g/mol.